The smallest absolute Gasteiger partial charge is 0.0487 e. The maximum Gasteiger partial charge on any atom is 0.0487 e. The first-order valence-electron chi connectivity index (χ1n) is 5.00. The third-order valence-corrected chi connectivity index (χ3v) is 2.88. The molecule has 0 aliphatic carbocycles. The molecule has 2 rings (SSSR count). The van der Waals surface area contributed by atoms with Crippen LogP contribution in [-0.2, 0) is 0 Å². The fraction of sp³-hybridized carbons (Fsp3) is 0.143. The summed E-state index contributed by atoms with van der Waals surface area (Å²) in [5.41, 5.74) is 4.80. The third-order valence-electron chi connectivity index (χ3n) is 2.56. The van der Waals surface area contributed by atoms with E-state index < -0.39 is 0 Å². The zero-order chi connectivity index (χ0) is 10.8. The van der Waals surface area contributed by atoms with Crippen molar-refractivity contribution in [1.29, 1.82) is 0 Å². The lowest BCUT2D eigenvalue weighted by Gasteiger charge is -2.08. The second kappa shape index (κ2) is 4.08. The van der Waals surface area contributed by atoms with Crippen molar-refractivity contribution in [3.05, 3.63) is 58.6 Å². The summed E-state index contributed by atoms with van der Waals surface area (Å²) >= 11 is 6.20. The van der Waals surface area contributed by atoms with Crippen LogP contribution in [0.5, 0.6) is 0 Å². The van der Waals surface area contributed by atoms with E-state index in [1.54, 1.807) is 0 Å². The van der Waals surface area contributed by atoms with Gasteiger partial charge in [0.05, 0.1) is 0 Å². The van der Waals surface area contributed by atoms with Crippen molar-refractivity contribution in [2.75, 3.05) is 0 Å². The Hall–Kier alpha value is -1.27. The van der Waals surface area contributed by atoms with E-state index in [1.807, 2.05) is 12.1 Å². The van der Waals surface area contributed by atoms with Gasteiger partial charge < -0.3 is 0 Å². The molecule has 0 atom stereocenters. The summed E-state index contributed by atoms with van der Waals surface area (Å²) in [6, 6.07) is 14.4. The molecule has 0 aromatic heterocycles. The van der Waals surface area contributed by atoms with E-state index in [0.717, 1.165) is 10.6 Å². The van der Waals surface area contributed by atoms with Crippen LogP contribution >= 0.6 is 11.6 Å². The second-order valence-electron chi connectivity index (χ2n) is 3.80. The number of halogens is 1. The standard InChI is InChI=1S/C14H13Cl/c1-10-6-8-12(9-7-10)14-11(2)4-3-5-13(14)15/h3-9H,1-2H3. The van der Waals surface area contributed by atoms with Gasteiger partial charge in [-0.25, -0.2) is 0 Å². The Morgan fingerprint density at radius 2 is 1.53 bits per heavy atom. The van der Waals surface area contributed by atoms with E-state index >= 15 is 0 Å². The van der Waals surface area contributed by atoms with Crippen molar-refractivity contribution in [2.24, 2.45) is 0 Å². The highest BCUT2D eigenvalue weighted by Crippen LogP contribution is 2.30. The number of hydrogen-bond donors (Lipinski definition) is 0. The molecular weight excluding hydrogens is 204 g/mol. The van der Waals surface area contributed by atoms with Gasteiger partial charge in [0.25, 0.3) is 0 Å². The quantitative estimate of drug-likeness (QED) is 0.652. The van der Waals surface area contributed by atoms with Crippen LogP contribution in [0.2, 0.25) is 5.02 Å². The molecule has 0 aliphatic rings. The summed E-state index contributed by atoms with van der Waals surface area (Å²) in [5.74, 6) is 0. The summed E-state index contributed by atoms with van der Waals surface area (Å²) in [4.78, 5) is 0. The van der Waals surface area contributed by atoms with E-state index in [4.69, 9.17) is 11.6 Å². The van der Waals surface area contributed by atoms with Gasteiger partial charge >= 0.3 is 0 Å². The van der Waals surface area contributed by atoms with Gasteiger partial charge in [-0.05, 0) is 31.0 Å². The Kier molecular flexibility index (Phi) is 2.79. The molecule has 0 saturated heterocycles. The molecule has 0 saturated carbocycles. The summed E-state index contributed by atoms with van der Waals surface area (Å²) in [5, 5.41) is 0.818. The average Bonchev–Trinajstić information content (AvgIpc) is 2.20. The average molecular weight is 217 g/mol. The molecule has 0 unspecified atom stereocenters. The number of rotatable bonds is 1. The molecule has 0 fully saturated rings. The van der Waals surface area contributed by atoms with E-state index in [-0.39, 0.29) is 0 Å². The molecule has 0 spiro atoms. The van der Waals surface area contributed by atoms with Crippen molar-refractivity contribution < 1.29 is 0 Å². The highest BCUT2D eigenvalue weighted by Gasteiger charge is 2.05. The predicted octanol–water partition coefficient (Wildman–Crippen LogP) is 4.62. The van der Waals surface area contributed by atoms with Crippen molar-refractivity contribution in [2.45, 2.75) is 13.8 Å². The van der Waals surface area contributed by atoms with Crippen molar-refractivity contribution in [3.8, 4) is 11.1 Å². The fourth-order valence-electron chi connectivity index (χ4n) is 1.72. The normalized spacial score (nSPS) is 10.3. The molecule has 0 N–H and O–H groups in total. The van der Waals surface area contributed by atoms with Gasteiger partial charge in [-0.15, -0.1) is 0 Å². The first-order chi connectivity index (χ1) is 7.18. The number of aryl methyl sites for hydroxylation is 2. The van der Waals surface area contributed by atoms with Gasteiger partial charge in [-0.3, -0.25) is 0 Å². The number of hydrogen-bond acceptors (Lipinski definition) is 0. The molecule has 15 heavy (non-hydrogen) atoms. The summed E-state index contributed by atoms with van der Waals surface area (Å²) < 4.78 is 0. The molecule has 2 aromatic rings. The molecule has 0 nitrogen and oxygen atoms in total. The first kappa shape index (κ1) is 10.3. The Labute approximate surface area is 95.5 Å². The minimum absolute atomic E-state index is 0.818. The minimum Gasteiger partial charge on any atom is -0.0837 e. The van der Waals surface area contributed by atoms with Gasteiger partial charge in [0.1, 0.15) is 0 Å². The highest BCUT2D eigenvalue weighted by atomic mass is 35.5. The second-order valence-corrected chi connectivity index (χ2v) is 4.20. The van der Waals surface area contributed by atoms with Crippen molar-refractivity contribution in [1.82, 2.24) is 0 Å². The SMILES string of the molecule is Cc1ccc(-c2c(C)cccc2Cl)cc1. The Bertz CT molecular complexity index is 449. The molecule has 2 aromatic carbocycles. The lowest BCUT2D eigenvalue weighted by atomic mass is 10.00. The van der Waals surface area contributed by atoms with E-state index in [1.165, 1.54) is 16.7 Å². The van der Waals surface area contributed by atoms with E-state index in [9.17, 15) is 0 Å². The van der Waals surface area contributed by atoms with Crippen LogP contribution < -0.4 is 0 Å². The third kappa shape index (κ3) is 2.05. The van der Waals surface area contributed by atoms with Crippen LogP contribution in [0.1, 0.15) is 11.1 Å². The molecular formula is C14H13Cl. The fourth-order valence-corrected chi connectivity index (χ4v) is 2.05. The van der Waals surface area contributed by atoms with Crippen LogP contribution in [0, 0.1) is 13.8 Å². The van der Waals surface area contributed by atoms with Crippen molar-refractivity contribution in [3.63, 3.8) is 0 Å². The molecule has 0 amide bonds. The molecule has 0 bridgehead atoms. The van der Waals surface area contributed by atoms with Crippen LogP contribution in [0.15, 0.2) is 42.5 Å². The van der Waals surface area contributed by atoms with Crippen LogP contribution in [0.4, 0.5) is 0 Å². The Morgan fingerprint density at radius 1 is 0.867 bits per heavy atom. The Morgan fingerprint density at radius 3 is 2.13 bits per heavy atom. The lowest BCUT2D eigenvalue weighted by molar-refractivity contribution is 1.43. The number of benzene rings is 2. The largest absolute Gasteiger partial charge is 0.0837 e. The first-order valence-corrected chi connectivity index (χ1v) is 5.38. The zero-order valence-corrected chi connectivity index (χ0v) is 9.68. The van der Waals surface area contributed by atoms with E-state index in [2.05, 4.69) is 44.2 Å². The van der Waals surface area contributed by atoms with Gasteiger partial charge in [0.2, 0.25) is 0 Å². The Balaban J connectivity index is 2.58. The predicted molar refractivity (Wildman–Crippen MR) is 66.4 cm³/mol. The summed E-state index contributed by atoms with van der Waals surface area (Å²) in [7, 11) is 0. The minimum atomic E-state index is 0.818. The lowest BCUT2D eigenvalue weighted by Crippen LogP contribution is -1.84. The maximum absolute atomic E-state index is 6.20. The maximum atomic E-state index is 6.20. The van der Waals surface area contributed by atoms with Crippen molar-refractivity contribution >= 4 is 11.6 Å². The van der Waals surface area contributed by atoms with Gasteiger partial charge in [0, 0.05) is 10.6 Å². The molecule has 1 heteroatoms. The molecule has 76 valence electrons. The molecule has 0 aliphatic heterocycles. The topological polar surface area (TPSA) is 0 Å². The zero-order valence-electron chi connectivity index (χ0n) is 8.92. The highest BCUT2D eigenvalue weighted by molar-refractivity contribution is 6.33. The van der Waals surface area contributed by atoms with Gasteiger partial charge in [-0.2, -0.15) is 0 Å². The molecule has 0 heterocycles. The monoisotopic (exact) mass is 216 g/mol. The van der Waals surface area contributed by atoms with E-state index in [0.29, 0.717) is 0 Å². The van der Waals surface area contributed by atoms with Crippen LogP contribution in [0.25, 0.3) is 11.1 Å². The summed E-state index contributed by atoms with van der Waals surface area (Å²) in [6.07, 6.45) is 0. The van der Waals surface area contributed by atoms with Crippen LogP contribution in [0.3, 0.4) is 0 Å². The van der Waals surface area contributed by atoms with Gasteiger partial charge in [0.15, 0.2) is 0 Å². The molecule has 0 radical (unpaired) electrons. The summed E-state index contributed by atoms with van der Waals surface area (Å²) in [6.45, 7) is 4.17. The van der Waals surface area contributed by atoms with Gasteiger partial charge in [-0.1, -0.05) is 53.6 Å². The van der Waals surface area contributed by atoms with Crippen LogP contribution in [-0.4, -0.2) is 0 Å².